The summed E-state index contributed by atoms with van der Waals surface area (Å²) in [5, 5.41) is 4.21. The number of allylic oxidation sites excluding steroid dienone is 1. The highest BCUT2D eigenvalue weighted by Gasteiger charge is 2.15. The van der Waals surface area contributed by atoms with E-state index in [-0.39, 0.29) is 6.04 Å². The van der Waals surface area contributed by atoms with Gasteiger partial charge in [0, 0.05) is 43.9 Å². The maximum atomic E-state index is 4.90. The number of aliphatic imine (C=N–C) groups is 1. The molecule has 2 aliphatic rings. The highest BCUT2D eigenvalue weighted by molar-refractivity contribution is 6.18. The van der Waals surface area contributed by atoms with Crippen molar-refractivity contribution in [2.45, 2.75) is 47.6 Å². The lowest BCUT2D eigenvalue weighted by atomic mass is 10.0. The van der Waals surface area contributed by atoms with Crippen LogP contribution >= 0.6 is 0 Å². The van der Waals surface area contributed by atoms with Crippen molar-refractivity contribution in [1.82, 2.24) is 15.0 Å². The van der Waals surface area contributed by atoms with E-state index in [9.17, 15) is 0 Å². The number of fused-ring (bicyclic) bond motifs is 7. The number of aromatic nitrogens is 3. The van der Waals surface area contributed by atoms with Gasteiger partial charge in [-0.2, -0.15) is 0 Å². The van der Waals surface area contributed by atoms with E-state index in [1.807, 2.05) is 27.7 Å². The molecule has 2 aromatic carbocycles. The molecule has 42 heavy (non-hydrogen) atoms. The number of hydrogen-bond acceptors (Lipinski definition) is 1. The van der Waals surface area contributed by atoms with Crippen LogP contribution in [0, 0.1) is 13.8 Å². The minimum atomic E-state index is 0.00434. The third-order valence-corrected chi connectivity index (χ3v) is 7.28. The van der Waals surface area contributed by atoms with Crippen molar-refractivity contribution < 1.29 is 0 Å². The van der Waals surface area contributed by atoms with Crippen molar-refractivity contribution >= 4 is 29.0 Å². The molecular formula is C38H40N4. The molecule has 1 atom stereocenters. The van der Waals surface area contributed by atoms with E-state index in [0.717, 1.165) is 60.8 Å². The van der Waals surface area contributed by atoms with Crippen LogP contribution in [-0.2, 0) is 0 Å². The lowest BCUT2D eigenvalue weighted by Crippen LogP contribution is -2.17. The van der Waals surface area contributed by atoms with Gasteiger partial charge in [-0.15, -0.1) is 0 Å². The molecule has 5 aromatic rings. The second-order valence-corrected chi connectivity index (χ2v) is 10.1. The second-order valence-electron chi connectivity index (χ2n) is 10.1. The summed E-state index contributed by atoms with van der Waals surface area (Å²) in [5.41, 5.74) is 10.2. The number of hydrogen-bond donors (Lipinski definition) is 3. The zero-order valence-corrected chi connectivity index (χ0v) is 25.4. The van der Waals surface area contributed by atoms with Crippen LogP contribution in [0.3, 0.4) is 0 Å². The summed E-state index contributed by atoms with van der Waals surface area (Å²) < 4.78 is 0. The summed E-state index contributed by atoms with van der Waals surface area (Å²) >= 11 is 0. The molecule has 8 bridgehead atoms. The third-order valence-electron chi connectivity index (χ3n) is 7.28. The van der Waals surface area contributed by atoms with Crippen LogP contribution in [-0.4, -0.2) is 26.7 Å². The average molecular weight is 553 g/mol. The van der Waals surface area contributed by atoms with Gasteiger partial charge >= 0.3 is 0 Å². The van der Waals surface area contributed by atoms with E-state index >= 15 is 0 Å². The third kappa shape index (κ3) is 5.94. The zero-order chi connectivity index (χ0) is 29.6. The van der Waals surface area contributed by atoms with Crippen LogP contribution < -0.4 is 21.4 Å². The van der Waals surface area contributed by atoms with E-state index in [1.54, 1.807) is 0 Å². The van der Waals surface area contributed by atoms with Gasteiger partial charge in [-0.1, -0.05) is 93.4 Å². The predicted molar refractivity (Wildman–Crippen MR) is 178 cm³/mol. The maximum Gasteiger partial charge on any atom is 0.0894 e. The number of benzene rings is 2. The number of aromatic amines is 3. The molecule has 0 saturated heterocycles. The Bertz CT molecular complexity index is 1970. The Morgan fingerprint density at radius 2 is 1.05 bits per heavy atom. The van der Waals surface area contributed by atoms with Crippen LogP contribution in [0.4, 0.5) is 0 Å². The van der Waals surface area contributed by atoms with Crippen molar-refractivity contribution in [2.24, 2.45) is 4.99 Å². The van der Waals surface area contributed by atoms with Gasteiger partial charge in [0.05, 0.1) is 11.8 Å². The van der Waals surface area contributed by atoms with Crippen LogP contribution in [0.5, 0.6) is 0 Å². The summed E-state index contributed by atoms with van der Waals surface area (Å²) in [7, 11) is 0. The molecule has 0 radical (unpaired) electrons. The fraction of sp³-hybridized carbons (Fsp3) is 0.184. The Labute approximate surface area is 248 Å². The number of rotatable bonds is 2. The fourth-order valence-electron chi connectivity index (χ4n) is 5.31. The Morgan fingerprint density at radius 3 is 1.60 bits per heavy atom. The van der Waals surface area contributed by atoms with E-state index in [0.29, 0.717) is 0 Å². The summed E-state index contributed by atoms with van der Waals surface area (Å²) in [6.45, 7) is 12.2. The first-order valence-corrected chi connectivity index (χ1v) is 15.0. The second kappa shape index (κ2) is 12.8. The highest BCUT2D eigenvalue weighted by atomic mass is 14.8. The number of nitrogens with one attached hydrogen (secondary N) is 3. The maximum absolute atomic E-state index is 4.90. The Kier molecular flexibility index (Phi) is 8.73. The summed E-state index contributed by atoms with van der Waals surface area (Å²) in [4.78, 5) is 16.0. The van der Waals surface area contributed by atoms with Gasteiger partial charge in [0.15, 0.2) is 0 Å². The lowest BCUT2D eigenvalue weighted by molar-refractivity contribution is 1.09. The first-order chi connectivity index (χ1) is 20.6. The number of aryl methyl sites for hydroxylation is 2. The first kappa shape index (κ1) is 28.7. The molecule has 4 heteroatoms. The van der Waals surface area contributed by atoms with Gasteiger partial charge in [-0.05, 0) is 79.6 Å². The topological polar surface area (TPSA) is 59.7 Å². The van der Waals surface area contributed by atoms with Gasteiger partial charge < -0.3 is 15.0 Å². The monoisotopic (exact) mass is 552 g/mol. The van der Waals surface area contributed by atoms with Crippen LogP contribution in [0.2, 0.25) is 0 Å². The molecule has 5 heterocycles. The summed E-state index contributed by atoms with van der Waals surface area (Å²) in [5.74, 6) is 0. The smallest absolute Gasteiger partial charge is 0.0894 e. The van der Waals surface area contributed by atoms with Gasteiger partial charge in [0.25, 0.3) is 0 Å². The van der Waals surface area contributed by atoms with Crippen molar-refractivity contribution in [3.8, 4) is 0 Å². The number of H-pyrrole nitrogens is 3. The SMILES string of the molecule is CC.CC.Cc1ccc(/C2=c3\cc/c([nH]3)=C/C3=NC(C=C3)/C=c3/cc/c([nH]3)=C(\c3ccc(C)cc3)c3ccc2[nH]3)cc1. The number of nitrogens with zero attached hydrogens (tertiary/aromatic N) is 1. The fourth-order valence-corrected chi connectivity index (χ4v) is 5.31. The Hall–Kier alpha value is -4.83. The molecular weight excluding hydrogens is 512 g/mol. The van der Waals surface area contributed by atoms with Crippen molar-refractivity contribution in [3.63, 3.8) is 0 Å². The largest absolute Gasteiger partial charge is 0.355 e. The molecule has 0 aliphatic carbocycles. The normalized spacial score (nSPS) is 19.2. The van der Waals surface area contributed by atoms with E-state index in [4.69, 9.17) is 4.99 Å². The van der Waals surface area contributed by atoms with Crippen molar-refractivity contribution in [1.29, 1.82) is 0 Å². The first-order valence-electron chi connectivity index (χ1n) is 15.0. The molecule has 2 aliphatic heterocycles. The molecule has 4 nitrogen and oxygen atoms in total. The van der Waals surface area contributed by atoms with Gasteiger partial charge in [-0.3, -0.25) is 4.99 Å². The molecule has 3 aromatic heterocycles. The van der Waals surface area contributed by atoms with Gasteiger partial charge in [0.1, 0.15) is 0 Å². The Balaban J connectivity index is 0.000000847. The highest BCUT2D eigenvalue weighted by Crippen LogP contribution is 2.25. The van der Waals surface area contributed by atoms with Crippen molar-refractivity contribution in [3.05, 3.63) is 152 Å². The molecule has 0 amide bonds. The minimum absolute atomic E-state index is 0.00434. The van der Waals surface area contributed by atoms with Crippen molar-refractivity contribution in [2.75, 3.05) is 0 Å². The van der Waals surface area contributed by atoms with E-state index < -0.39 is 0 Å². The quantitative estimate of drug-likeness (QED) is 0.248. The van der Waals surface area contributed by atoms with E-state index in [1.165, 1.54) is 11.1 Å². The molecule has 7 rings (SSSR count). The van der Waals surface area contributed by atoms with Gasteiger partial charge in [0.2, 0.25) is 0 Å². The van der Waals surface area contributed by atoms with Gasteiger partial charge in [-0.25, -0.2) is 0 Å². The molecule has 3 N–H and O–H groups in total. The summed E-state index contributed by atoms with van der Waals surface area (Å²) in [6.07, 6.45) is 8.51. The molecule has 1 unspecified atom stereocenters. The standard InChI is InChI=1S/C34H28N4.2C2H6/c1-21-3-7-23(8-4-21)33-29-15-13-27(36-29)19-25-11-12-26(35-25)20-28-14-16-30(37-28)34(32-18-17-31(33)38-32)24-9-5-22(2)6-10-24;2*1-2/h3-20,25,36-38H,1-2H3;2*1-2H3/b27-19-,28-20-,33-29-,34-30-;;. The average Bonchev–Trinajstić information content (AvgIpc) is 3.84. The minimum Gasteiger partial charge on any atom is -0.355 e. The zero-order valence-electron chi connectivity index (χ0n) is 25.4. The molecule has 212 valence electrons. The van der Waals surface area contributed by atoms with Crippen LogP contribution in [0.25, 0.3) is 23.3 Å². The van der Waals surface area contributed by atoms with E-state index in [2.05, 4.69) is 138 Å². The van der Waals surface area contributed by atoms with Crippen LogP contribution in [0.15, 0.2) is 102 Å². The summed E-state index contributed by atoms with van der Waals surface area (Å²) in [6, 6.07) is 30.4. The molecule has 0 saturated carbocycles. The predicted octanol–water partition coefficient (Wildman–Crippen LogP) is 5.79. The Morgan fingerprint density at radius 1 is 0.548 bits per heavy atom. The molecule has 0 fully saturated rings. The lowest BCUT2D eigenvalue weighted by Gasteiger charge is -2.09. The van der Waals surface area contributed by atoms with Crippen LogP contribution in [0.1, 0.15) is 61.3 Å². The molecule has 0 spiro atoms.